The number of likely N-dealkylation sites (tertiary alicyclic amines) is 1. The smallest absolute Gasteiger partial charge is 0.295 e. The number of hydrogen-bond donors (Lipinski definition) is 1. The largest absolute Gasteiger partial charge is 0.507 e. The zero-order chi connectivity index (χ0) is 24.2. The van der Waals surface area contributed by atoms with Gasteiger partial charge in [-0.25, -0.2) is 0 Å². The molecule has 0 aromatic heterocycles. The van der Waals surface area contributed by atoms with Crippen LogP contribution in [-0.4, -0.2) is 54.7 Å². The summed E-state index contributed by atoms with van der Waals surface area (Å²) < 4.78 is 16.6. The highest BCUT2D eigenvalue weighted by Crippen LogP contribution is 2.41. The zero-order valence-electron chi connectivity index (χ0n) is 19.5. The maximum Gasteiger partial charge on any atom is 0.295 e. The average Bonchev–Trinajstić information content (AvgIpc) is 3.33. The number of hydrogen-bond acceptors (Lipinski definition) is 6. The van der Waals surface area contributed by atoms with E-state index in [1.807, 2.05) is 19.1 Å². The molecule has 7 heteroatoms. The minimum atomic E-state index is -0.743. The van der Waals surface area contributed by atoms with E-state index in [9.17, 15) is 14.7 Å². The average molecular weight is 464 g/mol. The molecular formula is C27H29NO6. The number of aliphatic hydroxyl groups is 1. The molecule has 2 aromatic carbocycles. The van der Waals surface area contributed by atoms with E-state index in [0.717, 1.165) is 11.3 Å². The maximum atomic E-state index is 13.2. The Hall–Kier alpha value is -3.58. The summed E-state index contributed by atoms with van der Waals surface area (Å²) in [6, 6.07) is 11.8. The second-order valence-corrected chi connectivity index (χ2v) is 8.47. The molecule has 0 radical (unpaired) electrons. The standard InChI is InChI=1S/C27H29NO6/c1-4-12-33-21-8-5-7-18(16-21)24-23(26(30)27(31)28(24)11-6-13-32-3)25(29)19-9-10-22-20(15-19)14-17(2)34-22/h4-5,7-10,15-17,24,29H,1,6,11-14H2,2-3H3/b25-23+/t17-,24-/m1/s1. The van der Waals surface area contributed by atoms with Crippen molar-refractivity contribution in [1.82, 2.24) is 4.90 Å². The molecule has 178 valence electrons. The number of amides is 1. The van der Waals surface area contributed by atoms with Gasteiger partial charge in [0, 0.05) is 32.2 Å². The third-order valence-corrected chi connectivity index (χ3v) is 6.00. The van der Waals surface area contributed by atoms with Crippen LogP contribution in [0.25, 0.3) is 5.76 Å². The molecule has 2 aromatic rings. The number of rotatable bonds is 9. The van der Waals surface area contributed by atoms with Crippen molar-refractivity contribution in [2.75, 3.05) is 26.9 Å². The number of carbonyl (C=O) groups is 2. The van der Waals surface area contributed by atoms with Crippen molar-refractivity contribution in [2.45, 2.75) is 31.9 Å². The highest BCUT2D eigenvalue weighted by Gasteiger charge is 2.46. The third kappa shape index (κ3) is 4.56. The number of ether oxygens (including phenoxy) is 3. The first-order valence-electron chi connectivity index (χ1n) is 11.4. The number of fused-ring (bicyclic) bond motifs is 1. The zero-order valence-corrected chi connectivity index (χ0v) is 19.5. The van der Waals surface area contributed by atoms with Gasteiger partial charge in [-0.3, -0.25) is 9.59 Å². The van der Waals surface area contributed by atoms with Crippen molar-refractivity contribution in [2.24, 2.45) is 0 Å². The molecule has 2 aliphatic rings. The number of carbonyl (C=O) groups excluding carboxylic acids is 2. The Morgan fingerprint density at radius 3 is 2.85 bits per heavy atom. The van der Waals surface area contributed by atoms with Crippen molar-refractivity contribution in [1.29, 1.82) is 0 Å². The lowest BCUT2D eigenvalue weighted by molar-refractivity contribution is -0.140. The summed E-state index contributed by atoms with van der Waals surface area (Å²) in [5, 5.41) is 11.3. The van der Waals surface area contributed by atoms with Crippen LogP contribution < -0.4 is 9.47 Å². The van der Waals surface area contributed by atoms with Gasteiger partial charge >= 0.3 is 0 Å². The molecule has 1 N–H and O–H groups in total. The van der Waals surface area contributed by atoms with Gasteiger partial charge in [0.05, 0.1) is 11.6 Å². The van der Waals surface area contributed by atoms with Crippen LogP contribution in [0.15, 0.2) is 60.7 Å². The molecule has 2 heterocycles. The topological polar surface area (TPSA) is 85.3 Å². The van der Waals surface area contributed by atoms with Gasteiger partial charge in [0.15, 0.2) is 0 Å². The van der Waals surface area contributed by atoms with E-state index in [4.69, 9.17) is 14.2 Å². The van der Waals surface area contributed by atoms with E-state index >= 15 is 0 Å². The van der Waals surface area contributed by atoms with E-state index in [-0.39, 0.29) is 17.4 Å². The molecule has 7 nitrogen and oxygen atoms in total. The van der Waals surface area contributed by atoms with Gasteiger partial charge in [0.25, 0.3) is 11.7 Å². The van der Waals surface area contributed by atoms with Crippen LogP contribution in [-0.2, 0) is 20.7 Å². The molecule has 1 amide bonds. The van der Waals surface area contributed by atoms with Crippen LogP contribution >= 0.6 is 0 Å². The van der Waals surface area contributed by atoms with Gasteiger partial charge in [-0.15, -0.1) is 0 Å². The highest BCUT2D eigenvalue weighted by atomic mass is 16.5. The predicted octanol–water partition coefficient (Wildman–Crippen LogP) is 4.03. The van der Waals surface area contributed by atoms with Gasteiger partial charge in [-0.05, 0) is 54.8 Å². The fourth-order valence-electron chi connectivity index (χ4n) is 4.49. The van der Waals surface area contributed by atoms with Crippen LogP contribution in [0.1, 0.15) is 36.1 Å². The summed E-state index contributed by atoms with van der Waals surface area (Å²) in [7, 11) is 1.59. The number of benzene rings is 2. The first kappa shape index (κ1) is 23.6. The summed E-state index contributed by atoms with van der Waals surface area (Å²) >= 11 is 0. The van der Waals surface area contributed by atoms with Gasteiger partial charge in [0.2, 0.25) is 0 Å². The first-order valence-corrected chi connectivity index (χ1v) is 11.4. The van der Waals surface area contributed by atoms with Gasteiger partial charge < -0.3 is 24.2 Å². The van der Waals surface area contributed by atoms with Crippen molar-refractivity contribution in [3.8, 4) is 11.5 Å². The Kier molecular flexibility index (Phi) is 7.03. The second kappa shape index (κ2) is 10.1. The van der Waals surface area contributed by atoms with Gasteiger partial charge in [-0.1, -0.05) is 24.8 Å². The van der Waals surface area contributed by atoms with Crippen LogP contribution in [0.5, 0.6) is 11.5 Å². The third-order valence-electron chi connectivity index (χ3n) is 6.00. The molecule has 1 saturated heterocycles. The van der Waals surface area contributed by atoms with Crippen LogP contribution in [0.4, 0.5) is 0 Å². The summed E-state index contributed by atoms with van der Waals surface area (Å²) in [5.74, 6) is -0.186. The number of Topliss-reactive ketones (excluding diaryl/α,β-unsaturated/α-hetero) is 1. The Morgan fingerprint density at radius 1 is 1.26 bits per heavy atom. The maximum absolute atomic E-state index is 13.2. The number of methoxy groups -OCH3 is 1. The molecule has 2 aliphatic heterocycles. The highest BCUT2D eigenvalue weighted by molar-refractivity contribution is 6.46. The second-order valence-electron chi connectivity index (χ2n) is 8.47. The number of ketones is 1. The molecule has 1 fully saturated rings. The molecule has 0 spiro atoms. The van der Waals surface area contributed by atoms with Gasteiger partial charge in [0.1, 0.15) is 30.0 Å². The number of nitrogens with zero attached hydrogens (tertiary/aromatic N) is 1. The molecule has 0 saturated carbocycles. The van der Waals surface area contributed by atoms with E-state index in [1.165, 1.54) is 4.90 Å². The Morgan fingerprint density at radius 2 is 2.09 bits per heavy atom. The normalized spacial score (nSPS) is 20.8. The SMILES string of the molecule is C=CCOc1cccc([C@@H]2/C(=C(\O)c3ccc4c(c3)C[C@@H](C)O4)C(=O)C(=O)N2CCCOC)c1. The monoisotopic (exact) mass is 463 g/mol. The van der Waals surface area contributed by atoms with Crippen molar-refractivity contribution in [3.63, 3.8) is 0 Å². The molecular weight excluding hydrogens is 434 g/mol. The van der Waals surface area contributed by atoms with E-state index in [1.54, 1.807) is 43.5 Å². The number of aliphatic hydroxyl groups excluding tert-OH is 1. The quantitative estimate of drug-likeness (QED) is 0.199. The lowest BCUT2D eigenvalue weighted by atomic mass is 9.94. The van der Waals surface area contributed by atoms with Gasteiger partial charge in [-0.2, -0.15) is 0 Å². The van der Waals surface area contributed by atoms with Crippen LogP contribution in [0.3, 0.4) is 0 Å². The van der Waals surface area contributed by atoms with Crippen LogP contribution in [0, 0.1) is 0 Å². The lowest BCUT2D eigenvalue weighted by Crippen LogP contribution is -2.31. The summed E-state index contributed by atoms with van der Waals surface area (Å²) in [6.07, 6.45) is 2.97. The van der Waals surface area contributed by atoms with E-state index in [2.05, 4.69) is 6.58 Å². The van der Waals surface area contributed by atoms with E-state index in [0.29, 0.717) is 49.5 Å². The minimum Gasteiger partial charge on any atom is -0.507 e. The van der Waals surface area contributed by atoms with Crippen LogP contribution in [0.2, 0.25) is 0 Å². The molecule has 0 aliphatic carbocycles. The molecule has 0 unspecified atom stereocenters. The Balaban J connectivity index is 1.79. The van der Waals surface area contributed by atoms with Crippen molar-refractivity contribution in [3.05, 3.63) is 77.4 Å². The fraction of sp³-hybridized carbons (Fsp3) is 0.333. The Labute approximate surface area is 199 Å². The molecule has 4 rings (SSSR count). The lowest BCUT2D eigenvalue weighted by Gasteiger charge is -2.25. The summed E-state index contributed by atoms with van der Waals surface area (Å²) in [6.45, 7) is 6.73. The van der Waals surface area contributed by atoms with Crippen molar-refractivity contribution >= 4 is 17.4 Å². The molecule has 34 heavy (non-hydrogen) atoms. The van der Waals surface area contributed by atoms with Crippen molar-refractivity contribution < 1.29 is 28.9 Å². The Bertz CT molecular complexity index is 1140. The predicted molar refractivity (Wildman–Crippen MR) is 128 cm³/mol. The van der Waals surface area contributed by atoms with E-state index < -0.39 is 17.7 Å². The minimum absolute atomic E-state index is 0.0528. The first-order chi connectivity index (χ1) is 16.4. The molecule has 0 bridgehead atoms. The fourth-order valence-corrected chi connectivity index (χ4v) is 4.49. The summed E-state index contributed by atoms with van der Waals surface area (Å²) in [5.41, 5.74) is 2.19. The molecule has 2 atom stereocenters. The summed E-state index contributed by atoms with van der Waals surface area (Å²) in [4.78, 5) is 27.7.